The number of aryl methyl sites for hydroxylation is 1. The van der Waals surface area contributed by atoms with Gasteiger partial charge in [0.2, 0.25) is 0 Å². The molecular formula is C13H20N4. The summed E-state index contributed by atoms with van der Waals surface area (Å²) in [4.78, 5) is 4.36. The Hall–Kier alpha value is -1.60. The van der Waals surface area contributed by atoms with Gasteiger partial charge in [0.25, 0.3) is 0 Å². The topological polar surface area (TPSA) is 74.7 Å². The third-order valence-corrected chi connectivity index (χ3v) is 2.75. The molecule has 0 bridgehead atoms. The Morgan fingerprint density at radius 3 is 2.59 bits per heavy atom. The van der Waals surface area contributed by atoms with Crippen LogP contribution in [0.5, 0.6) is 0 Å². The van der Waals surface area contributed by atoms with Crippen LogP contribution >= 0.6 is 0 Å². The van der Waals surface area contributed by atoms with Crippen LogP contribution in [0.2, 0.25) is 0 Å². The van der Waals surface area contributed by atoms with Crippen molar-refractivity contribution in [3.8, 4) is 6.07 Å². The van der Waals surface area contributed by atoms with E-state index in [2.05, 4.69) is 37.1 Å². The minimum Gasteiger partial charge on any atom is -0.364 e. The van der Waals surface area contributed by atoms with Gasteiger partial charge >= 0.3 is 0 Å². The Labute approximate surface area is 103 Å². The van der Waals surface area contributed by atoms with Crippen molar-refractivity contribution in [2.24, 2.45) is 11.1 Å². The Morgan fingerprint density at radius 2 is 2.12 bits per heavy atom. The lowest BCUT2D eigenvalue weighted by atomic mass is 9.86. The average Bonchev–Trinajstić information content (AvgIpc) is 2.24. The van der Waals surface area contributed by atoms with Crippen LogP contribution in [-0.4, -0.2) is 17.6 Å². The van der Waals surface area contributed by atoms with Crippen molar-refractivity contribution in [1.82, 2.24) is 4.98 Å². The van der Waals surface area contributed by atoms with E-state index in [9.17, 15) is 0 Å². The number of nitrogens with one attached hydrogen (secondary N) is 1. The molecule has 1 atom stereocenters. The summed E-state index contributed by atoms with van der Waals surface area (Å²) in [6.07, 6.45) is 0. The summed E-state index contributed by atoms with van der Waals surface area (Å²) in [5, 5.41) is 12.3. The fraction of sp³-hybridized carbons (Fsp3) is 0.538. The molecule has 0 saturated carbocycles. The van der Waals surface area contributed by atoms with Crippen LogP contribution in [0.1, 0.15) is 32.0 Å². The van der Waals surface area contributed by atoms with E-state index >= 15 is 0 Å². The Balaban J connectivity index is 3.01. The standard InChI is InChI=1S/C13H20N4/c1-9-5-6-10(7-14)12(16-9)17-11(8-15)13(2,3)4/h5-6,11H,8,15H2,1-4H3,(H,16,17). The van der Waals surface area contributed by atoms with Gasteiger partial charge in [-0.3, -0.25) is 0 Å². The molecule has 92 valence electrons. The van der Waals surface area contributed by atoms with E-state index in [0.717, 1.165) is 5.69 Å². The first kappa shape index (κ1) is 13.5. The van der Waals surface area contributed by atoms with Crippen LogP contribution in [0.25, 0.3) is 0 Å². The van der Waals surface area contributed by atoms with E-state index in [-0.39, 0.29) is 11.5 Å². The monoisotopic (exact) mass is 232 g/mol. The molecule has 4 heteroatoms. The van der Waals surface area contributed by atoms with Gasteiger partial charge in [-0.05, 0) is 24.5 Å². The predicted octanol–water partition coefficient (Wildman–Crippen LogP) is 2.05. The molecule has 0 radical (unpaired) electrons. The summed E-state index contributed by atoms with van der Waals surface area (Å²) in [6, 6.07) is 5.84. The maximum atomic E-state index is 9.04. The summed E-state index contributed by atoms with van der Waals surface area (Å²) >= 11 is 0. The fourth-order valence-corrected chi connectivity index (χ4v) is 1.55. The molecule has 3 N–H and O–H groups in total. The highest BCUT2D eigenvalue weighted by atomic mass is 15.0. The van der Waals surface area contributed by atoms with E-state index in [0.29, 0.717) is 17.9 Å². The molecule has 1 aromatic rings. The van der Waals surface area contributed by atoms with Crippen molar-refractivity contribution >= 4 is 5.82 Å². The zero-order chi connectivity index (χ0) is 13.1. The quantitative estimate of drug-likeness (QED) is 0.836. The largest absolute Gasteiger partial charge is 0.364 e. The first-order valence-corrected chi connectivity index (χ1v) is 5.73. The lowest BCUT2D eigenvalue weighted by Gasteiger charge is -2.31. The van der Waals surface area contributed by atoms with E-state index in [1.807, 2.05) is 13.0 Å². The number of pyridine rings is 1. The molecular weight excluding hydrogens is 212 g/mol. The molecule has 0 fully saturated rings. The van der Waals surface area contributed by atoms with Gasteiger partial charge in [-0.1, -0.05) is 20.8 Å². The summed E-state index contributed by atoms with van der Waals surface area (Å²) < 4.78 is 0. The van der Waals surface area contributed by atoms with Gasteiger partial charge in [-0.15, -0.1) is 0 Å². The summed E-state index contributed by atoms with van der Waals surface area (Å²) in [5.74, 6) is 0.623. The second-order valence-corrected chi connectivity index (χ2v) is 5.26. The van der Waals surface area contributed by atoms with E-state index in [1.54, 1.807) is 6.07 Å². The third kappa shape index (κ3) is 3.43. The Bertz CT molecular complexity index is 426. The average molecular weight is 232 g/mol. The van der Waals surface area contributed by atoms with Crippen LogP contribution in [0, 0.1) is 23.7 Å². The highest BCUT2D eigenvalue weighted by molar-refractivity contribution is 5.53. The van der Waals surface area contributed by atoms with Crippen molar-refractivity contribution in [2.45, 2.75) is 33.7 Å². The third-order valence-electron chi connectivity index (χ3n) is 2.75. The van der Waals surface area contributed by atoms with Crippen LogP contribution in [-0.2, 0) is 0 Å². The molecule has 0 spiro atoms. The molecule has 1 heterocycles. The van der Waals surface area contributed by atoms with Crippen LogP contribution < -0.4 is 11.1 Å². The first-order chi connectivity index (χ1) is 7.88. The lowest BCUT2D eigenvalue weighted by Crippen LogP contribution is -2.40. The van der Waals surface area contributed by atoms with Crippen molar-refractivity contribution in [3.63, 3.8) is 0 Å². The number of anilines is 1. The number of nitrogens with zero attached hydrogens (tertiary/aromatic N) is 2. The van der Waals surface area contributed by atoms with Gasteiger partial charge in [0.05, 0.1) is 5.56 Å². The molecule has 17 heavy (non-hydrogen) atoms. The lowest BCUT2D eigenvalue weighted by molar-refractivity contribution is 0.345. The molecule has 1 rings (SSSR count). The molecule has 4 nitrogen and oxygen atoms in total. The predicted molar refractivity (Wildman–Crippen MR) is 69.6 cm³/mol. The first-order valence-electron chi connectivity index (χ1n) is 5.73. The molecule has 0 aliphatic heterocycles. The van der Waals surface area contributed by atoms with Crippen molar-refractivity contribution in [1.29, 1.82) is 5.26 Å². The molecule has 1 aromatic heterocycles. The molecule has 0 aliphatic carbocycles. The van der Waals surface area contributed by atoms with Gasteiger partial charge in [0.15, 0.2) is 0 Å². The van der Waals surface area contributed by atoms with Crippen molar-refractivity contribution < 1.29 is 0 Å². The normalized spacial score (nSPS) is 12.9. The SMILES string of the molecule is Cc1ccc(C#N)c(NC(CN)C(C)(C)C)n1. The van der Waals surface area contributed by atoms with Gasteiger partial charge in [-0.25, -0.2) is 4.98 Å². The molecule has 0 saturated heterocycles. The Kier molecular flexibility index (Phi) is 4.08. The number of hydrogen-bond acceptors (Lipinski definition) is 4. The van der Waals surface area contributed by atoms with Crippen molar-refractivity contribution in [2.75, 3.05) is 11.9 Å². The summed E-state index contributed by atoms with van der Waals surface area (Å²) in [7, 11) is 0. The van der Waals surface area contributed by atoms with Gasteiger partial charge in [0.1, 0.15) is 11.9 Å². The van der Waals surface area contributed by atoms with E-state index in [4.69, 9.17) is 11.0 Å². The minimum absolute atomic E-state index is 0.0207. The number of nitriles is 1. The molecule has 0 amide bonds. The minimum atomic E-state index is 0.0207. The second kappa shape index (κ2) is 5.15. The number of rotatable bonds is 3. The highest BCUT2D eigenvalue weighted by Gasteiger charge is 2.24. The van der Waals surface area contributed by atoms with Gasteiger partial charge in [0, 0.05) is 18.3 Å². The van der Waals surface area contributed by atoms with Crippen LogP contribution in [0.15, 0.2) is 12.1 Å². The van der Waals surface area contributed by atoms with Gasteiger partial charge < -0.3 is 11.1 Å². The maximum absolute atomic E-state index is 9.04. The highest BCUT2D eigenvalue weighted by Crippen LogP contribution is 2.23. The number of hydrogen-bond donors (Lipinski definition) is 2. The molecule has 0 aliphatic rings. The summed E-state index contributed by atoms with van der Waals surface area (Å²) in [5.41, 5.74) is 7.22. The zero-order valence-corrected chi connectivity index (χ0v) is 10.9. The second-order valence-electron chi connectivity index (χ2n) is 5.26. The summed E-state index contributed by atoms with van der Waals surface area (Å²) in [6.45, 7) is 8.74. The van der Waals surface area contributed by atoms with Crippen LogP contribution in [0.3, 0.4) is 0 Å². The zero-order valence-electron chi connectivity index (χ0n) is 10.9. The van der Waals surface area contributed by atoms with E-state index < -0.39 is 0 Å². The Morgan fingerprint density at radius 1 is 1.47 bits per heavy atom. The van der Waals surface area contributed by atoms with Crippen LogP contribution in [0.4, 0.5) is 5.82 Å². The molecule has 1 unspecified atom stereocenters. The number of nitrogens with two attached hydrogens (primary N) is 1. The fourth-order valence-electron chi connectivity index (χ4n) is 1.55. The van der Waals surface area contributed by atoms with Crippen molar-refractivity contribution in [3.05, 3.63) is 23.4 Å². The van der Waals surface area contributed by atoms with Gasteiger partial charge in [-0.2, -0.15) is 5.26 Å². The smallest absolute Gasteiger partial charge is 0.144 e. The number of aromatic nitrogens is 1. The van der Waals surface area contributed by atoms with E-state index in [1.165, 1.54) is 0 Å². The molecule has 0 aromatic carbocycles. The maximum Gasteiger partial charge on any atom is 0.144 e.